The van der Waals surface area contributed by atoms with Gasteiger partial charge in [0.25, 0.3) is 0 Å². The first-order chi connectivity index (χ1) is 12.0. The number of carbonyl (C=O) groups is 1. The van der Waals surface area contributed by atoms with Crippen LogP contribution < -0.4 is 0 Å². The number of hydrogen-bond acceptors (Lipinski definition) is 3. The van der Waals surface area contributed by atoms with E-state index in [4.69, 9.17) is 0 Å². The lowest BCUT2D eigenvalue weighted by atomic mass is 10.1. The van der Waals surface area contributed by atoms with Crippen LogP contribution in [0.1, 0.15) is 29.0 Å². The number of nitrogens with zero attached hydrogens (tertiary/aromatic N) is 3. The van der Waals surface area contributed by atoms with Crippen molar-refractivity contribution in [3.8, 4) is 0 Å². The summed E-state index contributed by atoms with van der Waals surface area (Å²) in [5, 5.41) is 0. The zero-order chi connectivity index (χ0) is 17.8. The highest BCUT2D eigenvalue weighted by Crippen LogP contribution is 2.48. The molecule has 1 aromatic heterocycles. The highest BCUT2D eigenvalue weighted by atomic mass is 16.2. The Morgan fingerprint density at radius 1 is 1.20 bits per heavy atom. The van der Waals surface area contributed by atoms with E-state index in [0.29, 0.717) is 12.5 Å². The molecule has 1 fully saturated rings. The second-order valence-corrected chi connectivity index (χ2v) is 7.29. The second-order valence-electron chi connectivity index (χ2n) is 7.29. The third-order valence-electron chi connectivity index (χ3n) is 4.80. The van der Waals surface area contributed by atoms with Gasteiger partial charge in [-0.2, -0.15) is 0 Å². The maximum Gasteiger partial charge on any atom is 0.226 e. The third-order valence-corrected chi connectivity index (χ3v) is 4.80. The van der Waals surface area contributed by atoms with E-state index in [1.165, 1.54) is 11.1 Å². The molecule has 1 aliphatic carbocycles. The van der Waals surface area contributed by atoms with E-state index in [0.717, 1.165) is 25.1 Å². The first-order valence-corrected chi connectivity index (χ1v) is 8.93. The fraction of sp³-hybridized carbons (Fsp3) is 0.429. The maximum atomic E-state index is 13.1. The Bertz CT molecular complexity index is 714. The highest BCUT2D eigenvalue weighted by Gasteiger charge is 2.45. The average molecular weight is 337 g/mol. The molecule has 0 spiro atoms. The zero-order valence-electron chi connectivity index (χ0n) is 15.4. The minimum Gasteiger partial charge on any atom is -0.337 e. The topological polar surface area (TPSA) is 36.4 Å². The molecule has 132 valence electrons. The normalized spacial score (nSPS) is 19.0. The highest BCUT2D eigenvalue weighted by molar-refractivity contribution is 5.83. The predicted molar refractivity (Wildman–Crippen MR) is 100 cm³/mol. The first-order valence-electron chi connectivity index (χ1n) is 8.93. The molecule has 4 heteroatoms. The lowest BCUT2D eigenvalue weighted by molar-refractivity contribution is -0.133. The molecule has 0 aliphatic heterocycles. The van der Waals surface area contributed by atoms with Gasteiger partial charge in [-0.1, -0.05) is 35.9 Å². The number of amides is 1. The van der Waals surface area contributed by atoms with Crippen LogP contribution in [0.4, 0.5) is 0 Å². The fourth-order valence-corrected chi connectivity index (χ4v) is 3.27. The van der Waals surface area contributed by atoms with E-state index < -0.39 is 0 Å². The van der Waals surface area contributed by atoms with Crippen LogP contribution in [0.3, 0.4) is 0 Å². The van der Waals surface area contributed by atoms with Crippen molar-refractivity contribution in [1.82, 2.24) is 14.8 Å². The van der Waals surface area contributed by atoms with Gasteiger partial charge in [-0.3, -0.25) is 9.78 Å². The van der Waals surface area contributed by atoms with Crippen molar-refractivity contribution in [3.05, 3.63) is 65.5 Å². The molecule has 3 rings (SSSR count). The lowest BCUT2D eigenvalue weighted by Gasteiger charge is -2.25. The van der Waals surface area contributed by atoms with Crippen molar-refractivity contribution in [2.75, 3.05) is 27.2 Å². The number of likely N-dealkylation sites (N-methyl/N-ethyl adjacent to an activating group) is 1. The van der Waals surface area contributed by atoms with Crippen LogP contribution in [0, 0.1) is 12.8 Å². The molecule has 1 heterocycles. The van der Waals surface area contributed by atoms with Gasteiger partial charge in [0.2, 0.25) is 5.91 Å². The van der Waals surface area contributed by atoms with Gasteiger partial charge < -0.3 is 9.80 Å². The van der Waals surface area contributed by atoms with E-state index >= 15 is 0 Å². The molecule has 1 saturated carbocycles. The minimum atomic E-state index is 0.126. The Kier molecular flexibility index (Phi) is 5.49. The van der Waals surface area contributed by atoms with Crippen LogP contribution in [-0.2, 0) is 11.3 Å². The van der Waals surface area contributed by atoms with Crippen LogP contribution in [0.2, 0.25) is 0 Å². The van der Waals surface area contributed by atoms with Crippen LogP contribution in [0.15, 0.2) is 48.8 Å². The number of aromatic nitrogens is 1. The molecule has 1 aromatic carbocycles. The van der Waals surface area contributed by atoms with Gasteiger partial charge in [0.05, 0.1) is 0 Å². The SMILES string of the molecule is Cc1cccc([C@H]2C[C@H]2C(=O)N(CCN(C)C)Cc2cccnc2)c1. The van der Waals surface area contributed by atoms with Crippen molar-refractivity contribution in [2.24, 2.45) is 5.92 Å². The molecule has 0 radical (unpaired) electrons. The summed E-state index contributed by atoms with van der Waals surface area (Å²) in [6.45, 7) is 4.36. The summed E-state index contributed by atoms with van der Waals surface area (Å²) in [6, 6.07) is 12.5. The van der Waals surface area contributed by atoms with Crippen LogP contribution in [0.25, 0.3) is 0 Å². The number of rotatable bonds is 7. The monoisotopic (exact) mass is 337 g/mol. The van der Waals surface area contributed by atoms with Crippen molar-refractivity contribution >= 4 is 5.91 Å². The van der Waals surface area contributed by atoms with Crippen molar-refractivity contribution in [1.29, 1.82) is 0 Å². The largest absolute Gasteiger partial charge is 0.337 e. The van der Waals surface area contributed by atoms with E-state index in [1.54, 1.807) is 6.20 Å². The Hall–Kier alpha value is -2.20. The van der Waals surface area contributed by atoms with Gasteiger partial charge in [-0.25, -0.2) is 0 Å². The molecule has 2 atom stereocenters. The standard InChI is InChI=1S/C21H27N3O/c1-16-6-4-8-18(12-16)19-13-20(19)21(25)24(11-10-23(2)3)15-17-7-5-9-22-14-17/h4-9,12,14,19-20H,10-11,13,15H2,1-3H3/t19-,20-/m1/s1. The van der Waals surface area contributed by atoms with E-state index in [-0.39, 0.29) is 11.8 Å². The maximum absolute atomic E-state index is 13.1. The molecule has 0 unspecified atom stereocenters. The molecule has 0 N–H and O–H groups in total. The predicted octanol–water partition coefficient (Wildman–Crippen LogP) is 3.08. The van der Waals surface area contributed by atoms with Crippen LogP contribution in [-0.4, -0.2) is 47.9 Å². The number of hydrogen-bond donors (Lipinski definition) is 0. The third kappa shape index (κ3) is 4.67. The van der Waals surface area contributed by atoms with Gasteiger partial charge >= 0.3 is 0 Å². The summed E-state index contributed by atoms with van der Waals surface area (Å²) < 4.78 is 0. The summed E-state index contributed by atoms with van der Waals surface area (Å²) in [5.41, 5.74) is 3.64. The Balaban J connectivity index is 1.69. The zero-order valence-corrected chi connectivity index (χ0v) is 15.4. The van der Waals surface area contributed by atoms with Gasteiger partial charge in [0, 0.05) is 37.9 Å². The molecule has 2 aromatic rings. The lowest BCUT2D eigenvalue weighted by Crippen LogP contribution is -2.37. The molecular formula is C21H27N3O. The molecule has 25 heavy (non-hydrogen) atoms. The molecule has 4 nitrogen and oxygen atoms in total. The summed E-state index contributed by atoms with van der Waals surface area (Å²) in [5.74, 6) is 0.779. The summed E-state index contributed by atoms with van der Waals surface area (Å²) in [7, 11) is 4.08. The smallest absolute Gasteiger partial charge is 0.226 e. The van der Waals surface area contributed by atoms with Gasteiger partial charge in [0.1, 0.15) is 0 Å². The second kappa shape index (κ2) is 7.79. The van der Waals surface area contributed by atoms with Gasteiger partial charge in [-0.15, -0.1) is 0 Å². The summed E-state index contributed by atoms with van der Waals surface area (Å²) >= 11 is 0. The number of aryl methyl sites for hydroxylation is 1. The molecular weight excluding hydrogens is 310 g/mol. The van der Waals surface area contributed by atoms with E-state index in [1.807, 2.05) is 37.3 Å². The van der Waals surface area contributed by atoms with Crippen LogP contribution >= 0.6 is 0 Å². The minimum absolute atomic E-state index is 0.126. The molecule has 0 bridgehead atoms. The van der Waals surface area contributed by atoms with Crippen molar-refractivity contribution in [3.63, 3.8) is 0 Å². The average Bonchev–Trinajstić information content (AvgIpc) is 3.39. The molecule has 1 amide bonds. The number of carbonyl (C=O) groups excluding carboxylic acids is 1. The Morgan fingerprint density at radius 3 is 2.72 bits per heavy atom. The Morgan fingerprint density at radius 2 is 2.04 bits per heavy atom. The Labute approximate surface area is 150 Å². The van der Waals surface area contributed by atoms with Crippen molar-refractivity contribution < 1.29 is 4.79 Å². The number of benzene rings is 1. The summed E-state index contributed by atoms with van der Waals surface area (Å²) in [6.07, 6.45) is 4.58. The molecule has 0 saturated heterocycles. The van der Waals surface area contributed by atoms with Crippen molar-refractivity contribution in [2.45, 2.75) is 25.8 Å². The van der Waals surface area contributed by atoms with Gasteiger partial charge in [0.15, 0.2) is 0 Å². The van der Waals surface area contributed by atoms with Crippen LogP contribution in [0.5, 0.6) is 0 Å². The quantitative estimate of drug-likeness (QED) is 0.779. The van der Waals surface area contributed by atoms with E-state index in [2.05, 4.69) is 41.1 Å². The molecule has 1 aliphatic rings. The fourth-order valence-electron chi connectivity index (χ4n) is 3.27. The van der Waals surface area contributed by atoms with Gasteiger partial charge in [-0.05, 0) is 50.6 Å². The first kappa shape index (κ1) is 17.6. The summed E-state index contributed by atoms with van der Waals surface area (Å²) in [4.78, 5) is 21.4. The number of pyridine rings is 1. The van der Waals surface area contributed by atoms with E-state index in [9.17, 15) is 4.79 Å².